The van der Waals surface area contributed by atoms with Crippen LogP contribution in [0.2, 0.25) is 10.2 Å². The first-order valence-electron chi connectivity index (χ1n) is 4.93. The molecule has 0 unspecified atom stereocenters. The second-order valence-electron chi connectivity index (χ2n) is 3.51. The van der Waals surface area contributed by atoms with E-state index in [1.165, 1.54) is 6.07 Å². The summed E-state index contributed by atoms with van der Waals surface area (Å²) in [6.07, 6.45) is 1.54. The third kappa shape index (κ3) is 2.53. The minimum atomic E-state index is -0.391. The molecule has 0 spiro atoms. The number of benzene rings is 1. The fourth-order valence-electron chi connectivity index (χ4n) is 1.42. The Morgan fingerprint density at radius 1 is 1.41 bits per heavy atom. The van der Waals surface area contributed by atoms with Crippen molar-refractivity contribution in [3.8, 4) is 0 Å². The van der Waals surface area contributed by atoms with E-state index in [1.807, 2.05) is 0 Å². The summed E-state index contributed by atoms with van der Waals surface area (Å²) in [5.41, 5.74) is 0.272. The van der Waals surface area contributed by atoms with Crippen molar-refractivity contribution in [3.63, 3.8) is 0 Å². The van der Waals surface area contributed by atoms with E-state index in [4.69, 9.17) is 23.2 Å². The zero-order valence-electron chi connectivity index (χ0n) is 9.04. The molecule has 90 valence electrons. The van der Waals surface area contributed by atoms with E-state index < -0.39 is 5.82 Å². The predicted molar refractivity (Wildman–Crippen MR) is 67.0 cm³/mol. The summed E-state index contributed by atoms with van der Waals surface area (Å²) in [5, 5.41) is 3.77. The van der Waals surface area contributed by atoms with Crippen LogP contribution in [0.4, 0.5) is 10.1 Å². The Hall–Kier alpha value is -1.26. The van der Waals surface area contributed by atoms with E-state index in [2.05, 4.69) is 10.3 Å². The van der Waals surface area contributed by atoms with Gasteiger partial charge < -0.3 is 9.88 Å². The number of halogens is 3. The molecular weight excluding hydrogens is 264 g/mol. The molecule has 0 saturated heterocycles. The molecule has 3 nitrogen and oxygen atoms in total. The lowest BCUT2D eigenvalue weighted by Gasteiger charge is -2.09. The summed E-state index contributed by atoms with van der Waals surface area (Å²) in [4.78, 5) is 4.09. The fraction of sp³-hybridized carbons (Fsp3) is 0.182. The Labute approximate surface area is 108 Å². The van der Waals surface area contributed by atoms with Crippen LogP contribution in [-0.4, -0.2) is 9.55 Å². The van der Waals surface area contributed by atoms with E-state index >= 15 is 0 Å². The highest BCUT2D eigenvalue weighted by molar-refractivity contribution is 6.33. The Morgan fingerprint density at radius 3 is 2.76 bits per heavy atom. The number of imidazole rings is 1. The molecular formula is C11H10Cl2FN3. The number of anilines is 1. The molecule has 17 heavy (non-hydrogen) atoms. The standard InChI is InChI=1S/C11H10Cl2FN3/c1-17-9(13)5-15-10(17)6-16-11-7(12)3-2-4-8(11)14/h2-5,16H,6H2,1H3. The van der Waals surface area contributed by atoms with Gasteiger partial charge in [0.05, 0.1) is 23.5 Å². The van der Waals surface area contributed by atoms with Gasteiger partial charge in [-0.25, -0.2) is 9.37 Å². The van der Waals surface area contributed by atoms with Crippen LogP contribution >= 0.6 is 23.2 Å². The predicted octanol–water partition coefficient (Wildman–Crippen LogP) is 3.48. The largest absolute Gasteiger partial charge is 0.374 e. The van der Waals surface area contributed by atoms with Crippen molar-refractivity contribution >= 4 is 28.9 Å². The van der Waals surface area contributed by atoms with Gasteiger partial charge in [-0.1, -0.05) is 29.3 Å². The molecule has 0 amide bonds. The fourth-order valence-corrected chi connectivity index (χ4v) is 1.80. The number of nitrogens with one attached hydrogen (secondary N) is 1. The van der Waals surface area contributed by atoms with Gasteiger partial charge in [0.25, 0.3) is 0 Å². The molecule has 0 bridgehead atoms. The van der Waals surface area contributed by atoms with Crippen molar-refractivity contribution in [1.82, 2.24) is 9.55 Å². The average molecular weight is 274 g/mol. The average Bonchev–Trinajstić information content (AvgIpc) is 2.60. The SMILES string of the molecule is Cn1c(Cl)cnc1CNc1c(F)cccc1Cl. The number of hydrogen-bond acceptors (Lipinski definition) is 2. The van der Waals surface area contributed by atoms with Crippen molar-refractivity contribution in [2.45, 2.75) is 6.54 Å². The molecule has 2 aromatic rings. The molecule has 1 N–H and O–H groups in total. The van der Waals surface area contributed by atoms with E-state index in [0.717, 1.165) is 0 Å². The van der Waals surface area contributed by atoms with Crippen LogP contribution in [0.15, 0.2) is 24.4 Å². The lowest BCUT2D eigenvalue weighted by atomic mass is 10.3. The van der Waals surface area contributed by atoms with Crippen LogP contribution in [0, 0.1) is 5.82 Å². The van der Waals surface area contributed by atoms with Gasteiger partial charge in [-0.15, -0.1) is 0 Å². The summed E-state index contributed by atoms with van der Waals surface area (Å²) in [7, 11) is 1.79. The van der Waals surface area contributed by atoms with E-state index in [1.54, 1.807) is 29.9 Å². The third-order valence-electron chi connectivity index (χ3n) is 2.41. The van der Waals surface area contributed by atoms with Crippen molar-refractivity contribution in [2.75, 3.05) is 5.32 Å². The van der Waals surface area contributed by atoms with Gasteiger partial charge in [0.15, 0.2) is 0 Å². The van der Waals surface area contributed by atoms with Crippen molar-refractivity contribution in [3.05, 3.63) is 46.2 Å². The molecule has 0 saturated carbocycles. The number of nitrogens with zero attached hydrogens (tertiary/aromatic N) is 2. The Kier molecular flexibility index (Phi) is 3.54. The molecule has 6 heteroatoms. The highest BCUT2D eigenvalue weighted by Crippen LogP contribution is 2.25. The number of para-hydroxylation sites is 1. The summed E-state index contributed by atoms with van der Waals surface area (Å²) in [6, 6.07) is 4.53. The van der Waals surface area contributed by atoms with Gasteiger partial charge in [0.2, 0.25) is 0 Å². The van der Waals surface area contributed by atoms with Gasteiger partial charge in [-0.2, -0.15) is 0 Å². The number of aromatic nitrogens is 2. The summed E-state index contributed by atoms with van der Waals surface area (Å²) < 4.78 is 15.2. The van der Waals surface area contributed by atoms with E-state index in [-0.39, 0.29) is 5.69 Å². The molecule has 0 aliphatic heterocycles. The summed E-state index contributed by atoms with van der Waals surface area (Å²) in [5.74, 6) is 0.312. The zero-order chi connectivity index (χ0) is 12.4. The minimum absolute atomic E-state index is 0.272. The van der Waals surface area contributed by atoms with Crippen molar-refractivity contribution in [2.24, 2.45) is 7.05 Å². The quantitative estimate of drug-likeness (QED) is 0.928. The second kappa shape index (κ2) is 4.94. The summed E-state index contributed by atoms with van der Waals surface area (Å²) in [6.45, 7) is 0.351. The van der Waals surface area contributed by atoms with Crippen LogP contribution in [0.25, 0.3) is 0 Å². The van der Waals surface area contributed by atoms with Gasteiger partial charge in [-0.3, -0.25) is 0 Å². The molecule has 0 radical (unpaired) electrons. The molecule has 1 heterocycles. The maximum atomic E-state index is 13.5. The second-order valence-corrected chi connectivity index (χ2v) is 4.30. The third-order valence-corrected chi connectivity index (χ3v) is 3.08. The Morgan fingerprint density at radius 2 is 2.18 bits per heavy atom. The van der Waals surface area contributed by atoms with Crippen LogP contribution in [0.5, 0.6) is 0 Å². The van der Waals surface area contributed by atoms with Crippen molar-refractivity contribution in [1.29, 1.82) is 0 Å². The van der Waals surface area contributed by atoms with Crippen molar-refractivity contribution < 1.29 is 4.39 Å². The summed E-state index contributed by atoms with van der Waals surface area (Å²) >= 11 is 11.7. The van der Waals surface area contributed by atoms with E-state index in [9.17, 15) is 4.39 Å². The Bertz CT molecular complexity index is 519. The lowest BCUT2D eigenvalue weighted by Crippen LogP contribution is -2.07. The molecule has 0 fully saturated rings. The first-order chi connectivity index (χ1) is 8.09. The normalized spacial score (nSPS) is 10.6. The van der Waals surface area contributed by atoms with Gasteiger partial charge in [-0.05, 0) is 12.1 Å². The van der Waals surface area contributed by atoms with Crippen LogP contribution in [0.3, 0.4) is 0 Å². The molecule has 0 atom stereocenters. The Balaban J connectivity index is 2.15. The first kappa shape index (κ1) is 12.2. The van der Waals surface area contributed by atoms with Gasteiger partial charge >= 0.3 is 0 Å². The number of hydrogen-bond donors (Lipinski definition) is 1. The highest BCUT2D eigenvalue weighted by atomic mass is 35.5. The van der Waals surface area contributed by atoms with Crippen LogP contribution in [-0.2, 0) is 13.6 Å². The molecule has 2 rings (SSSR count). The highest BCUT2D eigenvalue weighted by Gasteiger charge is 2.08. The topological polar surface area (TPSA) is 29.9 Å². The zero-order valence-corrected chi connectivity index (χ0v) is 10.6. The maximum Gasteiger partial charge on any atom is 0.147 e. The molecule has 0 aliphatic carbocycles. The molecule has 1 aromatic heterocycles. The molecule has 1 aromatic carbocycles. The van der Waals surface area contributed by atoms with Crippen LogP contribution in [0.1, 0.15) is 5.82 Å². The van der Waals surface area contributed by atoms with Gasteiger partial charge in [0, 0.05) is 7.05 Å². The van der Waals surface area contributed by atoms with E-state index in [0.29, 0.717) is 22.5 Å². The monoisotopic (exact) mass is 273 g/mol. The minimum Gasteiger partial charge on any atom is -0.374 e. The van der Waals surface area contributed by atoms with Gasteiger partial charge in [0.1, 0.15) is 16.8 Å². The first-order valence-corrected chi connectivity index (χ1v) is 5.69. The maximum absolute atomic E-state index is 13.5. The molecule has 0 aliphatic rings. The smallest absolute Gasteiger partial charge is 0.147 e. The number of rotatable bonds is 3. The lowest BCUT2D eigenvalue weighted by molar-refractivity contribution is 0.629. The van der Waals surface area contributed by atoms with Crippen LogP contribution < -0.4 is 5.32 Å².